The molecule has 0 aromatic heterocycles. The molecule has 0 saturated heterocycles. The van der Waals surface area contributed by atoms with Gasteiger partial charge in [0.25, 0.3) is 5.69 Å². The van der Waals surface area contributed by atoms with Gasteiger partial charge in [-0.2, -0.15) is 0 Å². The minimum atomic E-state index is -0.444. The van der Waals surface area contributed by atoms with Gasteiger partial charge in [-0.25, -0.2) is 0 Å². The fourth-order valence-corrected chi connectivity index (χ4v) is 3.12. The van der Waals surface area contributed by atoms with Crippen molar-refractivity contribution in [2.45, 2.75) is 18.9 Å². The van der Waals surface area contributed by atoms with Crippen LogP contribution in [0.5, 0.6) is 0 Å². The van der Waals surface area contributed by atoms with Gasteiger partial charge in [0.15, 0.2) is 0 Å². The predicted octanol–water partition coefficient (Wildman–Crippen LogP) is 3.75. The predicted molar refractivity (Wildman–Crippen MR) is 92.4 cm³/mol. The number of hydrogen-bond acceptors (Lipinski definition) is 3. The smallest absolute Gasteiger partial charge is 0.270 e. The summed E-state index contributed by atoms with van der Waals surface area (Å²) in [6.07, 6.45) is 4.99. The molecule has 0 bridgehead atoms. The lowest BCUT2D eigenvalue weighted by atomic mass is 10.1. The van der Waals surface area contributed by atoms with Crippen molar-refractivity contribution in [3.8, 4) is 0 Å². The summed E-state index contributed by atoms with van der Waals surface area (Å²) in [6, 6.07) is 14.5. The van der Waals surface area contributed by atoms with E-state index in [9.17, 15) is 14.9 Å². The molecule has 1 atom stereocenters. The van der Waals surface area contributed by atoms with Crippen LogP contribution in [0.2, 0.25) is 0 Å². The number of hydrogen-bond donors (Lipinski definition) is 0. The lowest BCUT2D eigenvalue weighted by Crippen LogP contribution is -2.28. The van der Waals surface area contributed by atoms with Crippen molar-refractivity contribution in [1.82, 2.24) is 4.90 Å². The van der Waals surface area contributed by atoms with Crippen molar-refractivity contribution < 1.29 is 9.72 Å². The van der Waals surface area contributed by atoms with Gasteiger partial charge in [-0.1, -0.05) is 36.4 Å². The van der Waals surface area contributed by atoms with E-state index >= 15 is 0 Å². The van der Waals surface area contributed by atoms with Crippen LogP contribution >= 0.6 is 0 Å². The lowest BCUT2D eigenvalue weighted by Gasteiger charge is -2.24. The normalized spacial score (nSPS) is 16.1. The molecule has 0 fully saturated rings. The average molecular weight is 322 g/mol. The van der Waals surface area contributed by atoms with E-state index in [1.54, 1.807) is 30.2 Å². The quantitative estimate of drug-likeness (QED) is 0.489. The first kappa shape index (κ1) is 15.9. The molecule has 1 unspecified atom stereocenters. The maximum absolute atomic E-state index is 12.4. The molecule has 1 aliphatic rings. The van der Waals surface area contributed by atoms with Crippen LogP contribution in [0.1, 0.15) is 29.2 Å². The van der Waals surface area contributed by atoms with Crippen molar-refractivity contribution in [2.24, 2.45) is 0 Å². The van der Waals surface area contributed by atoms with E-state index in [0.29, 0.717) is 5.56 Å². The Balaban J connectivity index is 1.73. The molecule has 2 aromatic rings. The number of fused-ring (bicyclic) bond motifs is 1. The Morgan fingerprint density at radius 1 is 1.25 bits per heavy atom. The van der Waals surface area contributed by atoms with Crippen molar-refractivity contribution in [2.75, 3.05) is 7.05 Å². The highest BCUT2D eigenvalue weighted by Gasteiger charge is 2.27. The van der Waals surface area contributed by atoms with Crippen LogP contribution in [0.3, 0.4) is 0 Å². The zero-order chi connectivity index (χ0) is 17.1. The Bertz CT molecular complexity index is 814. The van der Waals surface area contributed by atoms with E-state index in [-0.39, 0.29) is 17.6 Å². The van der Waals surface area contributed by atoms with Crippen molar-refractivity contribution in [3.05, 3.63) is 81.4 Å². The number of non-ortho nitro benzene ring substituents is 1. The highest BCUT2D eigenvalue weighted by atomic mass is 16.6. The zero-order valence-electron chi connectivity index (χ0n) is 13.4. The van der Waals surface area contributed by atoms with Crippen LogP contribution in [0.4, 0.5) is 5.69 Å². The Hall–Kier alpha value is -2.95. The largest absolute Gasteiger partial charge is 0.335 e. The third-order valence-electron chi connectivity index (χ3n) is 4.42. The maximum Gasteiger partial charge on any atom is 0.270 e. The number of nitro groups is 1. The Morgan fingerprint density at radius 3 is 2.83 bits per heavy atom. The van der Waals surface area contributed by atoms with Crippen LogP contribution in [0.25, 0.3) is 6.08 Å². The second-order valence-electron chi connectivity index (χ2n) is 5.89. The first-order valence-electron chi connectivity index (χ1n) is 7.83. The molecule has 5 heteroatoms. The van der Waals surface area contributed by atoms with Crippen LogP contribution in [-0.2, 0) is 11.2 Å². The number of carbonyl (C=O) groups is 1. The summed E-state index contributed by atoms with van der Waals surface area (Å²) >= 11 is 0. The van der Waals surface area contributed by atoms with Gasteiger partial charge < -0.3 is 4.90 Å². The molecule has 24 heavy (non-hydrogen) atoms. The standard InChI is InChI=1S/C19H18N2O3/c1-20(18-11-10-15-6-2-3-8-17(15)18)19(22)12-9-14-5-4-7-16(13-14)21(23)24/h2-9,12-13,18H,10-11H2,1H3/b12-9+. The van der Waals surface area contributed by atoms with Gasteiger partial charge in [0.1, 0.15) is 0 Å². The monoisotopic (exact) mass is 322 g/mol. The summed E-state index contributed by atoms with van der Waals surface area (Å²) in [4.78, 5) is 24.5. The molecule has 0 saturated carbocycles. The van der Waals surface area contributed by atoms with E-state index in [2.05, 4.69) is 12.1 Å². The number of nitro benzene ring substituents is 1. The second kappa shape index (κ2) is 6.66. The summed E-state index contributed by atoms with van der Waals surface area (Å²) in [5.74, 6) is -0.108. The molecule has 122 valence electrons. The first-order valence-corrected chi connectivity index (χ1v) is 7.83. The van der Waals surface area contributed by atoms with Gasteiger partial charge in [0.2, 0.25) is 5.91 Å². The SMILES string of the molecule is CN(C(=O)/C=C/c1cccc([N+](=O)[O-])c1)C1CCc2ccccc21. The van der Waals surface area contributed by atoms with E-state index in [1.807, 2.05) is 12.1 Å². The number of carbonyl (C=O) groups excluding carboxylic acids is 1. The third-order valence-corrected chi connectivity index (χ3v) is 4.42. The summed E-state index contributed by atoms with van der Waals surface area (Å²) in [7, 11) is 1.80. The molecule has 3 rings (SSSR count). The highest BCUT2D eigenvalue weighted by Crippen LogP contribution is 2.34. The average Bonchev–Trinajstić information content (AvgIpc) is 3.03. The number of nitrogens with zero attached hydrogens (tertiary/aromatic N) is 2. The molecule has 0 heterocycles. The lowest BCUT2D eigenvalue weighted by molar-refractivity contribution is -0.384. The topological polar surface area (TPSA) is 63.5 Å². The summed E-state index contributed by atoms with van der Waals surface area (Å²) in [5.41, 5.74) is 3.15. The Kier molecular flexibility index (Phi) is 4.42. The number of amides is 1. The molecule has 1 amide bonds. The van der Waals surface area contributed by atoms with Gasteiger partial charge >= 0.3 is 0 Å². The van der Waals surface area contributed by atoms with Crippen LogP contribution in [-0.4, -0.2) is 22.8 Å². The van der Waals surface area contributed by atoms with Crippen molar-refractivity contribution in [3.63, 3.8) is 0 Å². The minimum Gasteiger partial charge on any atom is -0.335 e. The van der Waals surface area contributed by atoms with E-state index in [0.717, 1.165) is 12.8 Å². The molecule has 0 spiro atoms. The van der Waals surface area contributed by atoms with Gasteiger partial charge in [-0.05, 0) is 35.6 Å². The summed E-state index contributed by atoms with van der Waals surface area (Å²) in [5, 5.41) is 10.8. The molecule has 0 aliphatic heterocycles. The summed E-state index contributed by atoms with van der Waals surface area (Å²) in [6.45, 7) is 0. The number of aryl methyl sites for hydroxylation is 1. The third kappa shape index (κ3) is 3.20. The highest BCUT2D eigenvalue weighted by molar-refractivity contribution is 5.92. The van der Waals surface area contributed by atoms with Gasteiger partial charge in [0.05, 0.1) is 11.0 Å². The molecular formula is C19H18N2O3. The number of rotatable bonds is 4. The molecular weight excluding hydrogens is 304 g/mol. The van der Waals surface area contributed by atoms with E-state index in [4.69, 9.17) is 0 Å². The van der Waals surface area contributed by atoms with Gasteiger partial charge in [-0.3, -0.25) is 14.9 Å². The zero-order valence-corrected chi connectivity index (χ0v) is 13.4. The van der Waals surface area contributed by atoms with Crippen LogP contribution < -0.4 is 0 Å². The Labute approximate surface area is 140 Å². The van der Waals surface area contributed by atoms with Crippen LogP contribution in [0.15, 0.2) is 54.6 Å². The van der Waals surface area contributed by atoms with Crippen LogP contribution in [0, 0.1) is 10.1 Å². The van der Waals surface area contributed by atoms with Gasteiger partial charge in [-0.15, -0.1) is 0 Å². The van der Waals surface area contributed by atoms with Crippen molar-refractivity contribution in [1.29, 1.82) is 0 Å². The minimum absolute atomic E-state index is 0.0164. The maximum atomic E-state index is 12.4. The van der Waals surface area contributed by atoms with E-state index in [1.165, 1.54) is 29.3 Å². The molecule has 0 radical (unpaired) electrons. The second-order valence-corrected chi connectivity index (χ2v) is 5.89. The fourth-order valence-electron chi connectivity index (χ4n) is 3.12. The molecule has 0 N–H and O–H groups in total. The van der Waals surface area contributed by atoms with E-state index < -0.39 is 4.92 Å². The molecule has 1 aliphatic carbocycles. The summed E-state index contributed by atoms with van der Waals surface area (Å²) < 4.78 is 0. The Morgan fingerprint density at radius 2 is 2.04 bits per heavy atom. The van der Waals surface area contributed by atoms with Gasteiger partial charge in [0, 0.05) is 25.3 Å². The fraction of sp³-hybridized carbons (Fsp3) is 0.211. The first-order chi connectivity index (χ1) is 11.6. The number of likely N-dealkylation sites (N-methyl/N-ethyl adjacent to an activating group) is 1. The molecule has 5 nitrogen and oxygen atoms in total. The van der Waals surface area contributed by atoms with Crippen molar-refractivity contribution >= 4 is 17.7 Å². The molecule has 2 aromatic carbocycles. The number of benzene rings is 2.